The van der Waals surface area contributed by atoms with Crippen LogP contribution in [0, 0.1) is 13.0 Å². The Bertz CT molecular complexity index is 583. The Labute approximate surface area is 142 Å². The summed E-state index contributed by atoms with van der Waals surface area (Å²) in [6, 6.07) is 1.55. The van der Waals surface area contributed by atoms with Crippen molar-refractivity contribution in [2.75, 3.05) is 5.32 Å². The summed E-state index contributed by atoms with van der Waals surface area (Å²) in [6.07, 6.45) is 8.20. The van der Waals surface area contributed by atoms with Crippen molar-refractivity contribution in [2.24, 2.45) is 0 Å². The second kappa shape index (κ2) is 10.8. The third-order valence-electron chi connectivity index (χ3n) is 2.14. The molecular formula is C13H13BN2O5W. The van der Waals surface area contributed by atoms with Crippen molar-refractivity contribution in [1.82, 2.24) is 5.16 Å². The van der Waals surface area contributed by atoms with E-state index in [-0.39, 0.29) is 32.4 Å². The summed E-state index contributed by atoms with van der Waals surface area (Å²) >= 11 is 0. The maximum atomic E-state index is 11.6. The zero-order valence-corrected chi connectivity index (χ0v) is 14.8. The third-order valence-corrected chi connectivity index (χ3v) is 2.14. The van der Waals surface area contributed by atoms with E-state index in [4.69, 9.17) is 4.52 Å². The number of aryl methyl sites for hydroxylation is 1. The molecule has 0 aliphatic heterocycles. The molecule has 0 spiro atoms. The van der Waals surface area contributed by atoms with Crippen molar-refractivity contribution in [3.63, 3.8) is 0 Å². The molecule has 22 heavy (non-hydrogen) atoms. The van der Waals surface area contributed by atoms with Crippen molar-refractivity contribution in [3.8, 4) is 0 Å². The number of nitrogens with zero attached hydrogens (tertiary/aromatic N) is 1. The molecule has 0 saturated heterocycles. The minimum atomic E-state index is -1.56. The van der Waals surface area contributed by atoms with Crippen LogP contribution in [0.2, 0.25) is 0 Å². The van der Waals surface area contributed by atoms with Gasteiger partial charge in [-0.05, 0) is 6.92 Å². The van der Waals surface area contributed by atoms with E-state index in [1.54, 1.807) is 26.0 Å². The maximum Gasteiger partial charge on any atom is 2.00 e. The van der Waals surface area contributed by atoms with Crippen molar-refractivity contribution in [3.05, 3.63) is 47.7 Å². The van der Waals surface area contributed by atoms with Gasteiger partial charge >= 0.3 is 28.2 Å². The first-order valence-electron chi connectivity index (χ1n) is 5.94. The number of hydrogen-bond donors (Lipinski definition) is 2. The van der Waals surface area contributed by atoms with Gasteiger partial charge in [0, 0.05) is 6.07 Å². The van der Waals surface area contributed by atoms with Crippen LogP contribution in [-0.4, -0.2) is 29.7 Å². The fourth-order valence-electron chi connectivity index (χ4n) is 1.25. The fourth-order valence-corrected chi connectivity index (χ4v) is 1.25. The molecule has 1 aromatic rings. The smallest absolute Gasteiger partial charge is 0.702 e. The molecule has 0 unspecified atom stereocenters. The van der Waals surface area contributed by atoms with Gasteiger partial charge in [0.15, 0.2) is 5.82 Å². The summed E-state index contributed by atoms with van der Waals surface area (Å²) in [6.45, 7) is 4.55. The molecule has 0 bridgehead atoms. The van der Waals surface area contributed by atoms with Gasteiger partial charge in [-0.25, -0.2) is 0 Å². The molecule has 0 fully saturated rings. The summed E-state index contributed by atoms with van der Waals surface area (Å²) in [5.74, 6) is 0.329. The topological polar surface area (TPSA) is 102 Å². The number of amides is 1. The Balaban J connectivity index is 0.00000441. The van der Waals surface area contributed by atoms with Crippen LogP contribution in [0.25, 0.3) is 0 Å². The summed E-state index contributed by atoms with van der Waals surface area (Å²) < 4.78 is 9.06. The summed E-state index contributed by atoms with van der Waals surface area (Å²) in [5, 5.41) is 15.6. The molecule has 7 nitrogen and oxygen atoms in total. The van der Waals surface area contributed by atoms with E-state index >= 15 is 0 Å². The van der Waals surface area contributed by atoms with Gasteiger partial charge in [-0.1, -0.05) is 24.6 Å². The zero-order valence-electron chi connectivity index (χ0n) is 11.9. The van der Waals surface area contributed by atoms with E-state index in [2.05, 4.69) is 21.2 Å². The summed E-state index contributed by atoms with van der Waals surface area (Å²) in [7, 11) is -1.56. The molecule has 114 valence electrons. The largest absolute Gasteiger partial charge is 2.00 e. The Morgan fingerprint density at radius 2 is 2.27 bits per heavy atom. The molecule has 0 aromatic carbocycles. The number of allylic oxidation sites excluding steroid dienone is 5. The monoisotopic (exact) mass is 472 g/mol. The molecule has 0 saturated carbocycles. The van der Waals surface area contributed by atoms with Crippen LogP contribution in [0.15, 0.2) is 40.4 Å². The van der Waals surface area contributed by atoms with Crippen LogP contribution >= 0.6 is 0 Å². The first-order valence-corrected chi connectivity index (χ1v) is 5.94. The van der Waals surface area contributed by atoms with E-state index in [0.29, 0.717) is 5.76 Å². The SMILES string of the molecule is C\C=C/[C-]=C(\C=C\C(=O)Nc1cc(C)on1)B(O)O[C-]=O.[W+2]. The van der Waals surface area contributed by atoms with Gasteiger partial charge in [-0.15, -0.1) is 5.47 Å². The Morgan fingerprint density at radius 3 is 2.82 bits per heavy atom. The molecule has 2 N–H and O–H groups in total. The van der Waals surface area contributed by atoms with Crippen LogP contribution in [0.1, 0.15) is 12.7 Å². The Kier molecular flexibility index (Phi) is 9.82. The van der Waals surface area contributed by atoms with E-state index in [1.165, 1.54) is 12.2 Å². The quantitative estimate of drug-likeness (QED) is 0.265. The van der Waals surface area contributed by atoms with Gasteiger partial charge in [0.2, 0.25) is 5.91 Å². The summed E-state index contributed by atoms with van der Waals surface area (Å²) in [4.78, 5) is 21.7. The maximum absolute atomic E-state index is 11.6. The van der Waals surface area contributed by atoms with Gasteiger partial charge in [-0.3, -0.25) is 4.79 Å². The number of anilines is 1. The first kappa shape index (κ1) is 20.1. The molecule has 1 amide bonds. The van der Waals surface area contributed by atoms with E-state index in [0.717, 1.165) is 12.5 Å². The van der Waals surface area contributed by atoms with Gasteiger partial charge in [0.25, 0.3) is 0 Å². The van der Waals surface area contributed by atoms with Crippen LogP contribution < -0.4 is 5.32 Å². The van der Waals surface area contributed by atoms with Gasteiger partial charge in [-0.2, -0.15) is 24.3 Å². The van der Waals surface area contributed by atoms with E-state index < -0.39 is 13.0 Å². The van der Waals surface area contributed by atoms with Crippen LogP contribution in [-0.2, 0) is 35.3 Å². The molecular weight excluding hydrogens is 459 g/mol. The van der Waals surface area contributed by atoms with Gasteiger partial charge < -0.3 is 24.3 Å². The van der Waals surface area contributed by atoms with Gasteiger partial charge in [0.05, 0.1) is 0 Å². The molecule has 1 aromatic heterocycles. The predicted octanol–water partition coefficient (Wildman–Crippen LogP) is 0.884. The second-order valence-electron chi connectivity index (χ2n) is 3.80. The number of carbonyl (C=O) groups is 1. The van der Waals surface area contributed by atoms with E-state index in [9.17, 15) is 14.6 Å². The number of nitrogens with one attached hydrogen (secondary N) is 1. The molecule has 0 atom stereocenters. The molecule has 0 radical (unpaired) electrons. The Morgan fingerprint density at radius 1 is 1.55 bits per heavy atom. The minimum Gasteiger partial charge on any atom is -0.702 e. The number of hydrogen-bond acceptors (Lipinski definition) is 6. The summed E-state index contributed by atoms with van der Waals surface area (Å²) in [5.41, 5.74) is 0.0860. The predicted molar refractivity (Wildman–Crippen MR) is 75.3 cm³/mol. The normalized spacial score (nSPS) is 11.3. The van der Waals surface area contributed by atoms with Crippen molar-refractivity contribution in [2.45, 2.75) is 13.8 Å². The second-order valence-corrected chi connectivity index (χ2v) is 3.80. The Hall–Kier alpha value is -1.92. The van der Waals surface area contributed by atoms with Crippen molar-refractivity contribution < 1.29 is 44.9 Å². The average molecular weight is 472 g/mol. The van der Waals surface area contributed by atoms with Crippen molar-refractivity contribution >= 4 is 25.3 Å². The molecule has 9 heteroatoms. The van der Waals surface area contributed by atoms with Crippen LogP contribution in [0.4, 0.5) is 5.82 Å². The number of rotatable bonds is 7. The number of carbonyl (C=O) groups excluding carboxylic acids is 2. The van der Waals surface area contributed by atoms with E-state index in [1.807, 2.05) is 0 Å². The first-order chi connectivity index (χ1) is 10.1. The van der Waals surface area contributed by atoms with Crippen LogP contribution in [0.3, 0.4) is 0 Å². The van der Waals surface area contributed by atoms with Gasteiger partial charge in [0.1, 0.15) is 5.76 Å². The third kappa shape index (κ3) is 7.19. The van der Waals surface area contributed by atoms with Crippen molar-refractivity contribution in [1.29, 1.82) is 0 Å². The fraction of sp³-hybridized carbons (Fsp3) is 0.154. The molecule has 0 aliphatic carbocycles. The number of aromatic nitrogens is 1. The average Bonchev–Trinajstić information content (AvgIpc) is 2.84. The zero-order chi connectivity index (χ0) is 15.7. The molecule has 1 rings (SSSR count). The van der Waals surface area contributed by atoms with Crippen LogP contribution in [0.5, 0.6) is 0 Å². The minimum absolute atomic E-state index is 0. The molecule has 0 aliphatic rings. The molecule has 1 heterocycles. The standard InChI is InChI=1S/C13H13BN2O5.W/c1-3-4-5-11(14(19)20-9-17)6-7-13(18)15-12-8-10(2)21-16-12;/h3-4,6-8,19H,1-2H3,(H,15,16,18);/q-2;+2/b4-3-,7-6+;.